The lowest BCUT2D eigenvalue weighted by Gasteiger charge is -2.09. The molecule has 1 aromatic carbocycles. The monoisotopic (exact) mass is 334 g/mol. The highest BCUT2D eigenvalue weighted by Gasteiger charge is 2.37. The van der Waals surface area contributed by atoms with Gasteiger partial charge in [0, 0.05) is 6.92 Å². The number of ether oxygens (including phenoxy) is 1. The van der Waals surface area contributed by atoms with Crippen LogP contribution in [0.1, 0.15) is 28.8 Å². The van der Waals surface area contributed by atoms with E-state index in [9.17, 15) is 18.0 Å². The molecule has 7 heteroatoms. The van der Waals surface area contributed by atoms with E-state index < -0.39 is 17.8 Å². The maximum atomic E-state index is 13.1. The molecule has 4 nitrogen and oxygen atoms in total. The van der Waals surface area contributed by atoms with Gasteiger partial charge in [0.25, 0.3) is 0 Å². The third kappa shape index (κ3) is 3.10. The van der Waals surface area contributed by atoms with Crippen molar-refractivity contribution in [3.8, 4) is 5.75 Å². The third-order valence-electron chi connectivity index (χ3n) is 3.45. The molecule has 0 aliphatic heterocycles. The van der Waals surface area contributed by atoms with Crippen LogP contribution in [-0.2, 0) is 12.8 Å². The summed E-state index contributed by atoms with van der Waals surface area (Å²) in [6, 6.07) is 12.2. The average Bonchev–Trinajstić information content (AvgIpc) is 2.93. The lowest BCUT2D eigenvalue weighted by atomic mass is 10.2. The molecule has 0 saturated carbocycles. The summed E-state index contributed by atoms with van der Waals surface area (Å²) >= 11 is 0. The minimum atomic E-state index is -4.67. The number of pyridine rings is 1. The van der Waals surface area contributed by atoms with Crippen LogP contribution in [0, 0.1) is 0 Å². The van der Waals surface area contributed by atoms with Gasteiger partial charge in [0.2, 0.25) is 5.82 Å². The molecular weight excluding hydrogens is 321 g/mol. The Bertz CT molecular complexity index is 886. The quantitative estimate of drug-likeness (QED) is 0.674. The summed E-state index contributed by atoms with van der Waals surface area (Å²) in [6.07, 6.45) is -3.48. The number of aromatic nitrogens is 2. The maximum absolute atomic E-state index is 13.1. The molecule has 0 atom stereocenters. The minimum Gasteiger partial charge on any atom is -0.487 e. The predicted molar refractivity (Wildman–Crippen MR) is 81.0 cm³/mol. The SMILES string of the molecule is CC(=O)c1nc(C(F)(F)F)n2cc(OCc3ccccc3)ccc12. The first-order chi connectivity index (χ1) is 11.4. The number of imidazole rings is 1. The minimum absolute atomic E-state index is 0.0990. The fourth-order valence-electron chi connectivity index (χ4n) is 2.35. The predicted octanol–water partition coefficient (Wildman–Crippen LogP) is 4.13. The van der Waals surface area contributed by atoms with Crippen molar-refractivity contribution in [2.75, 3.05) is 0 Å². The number of halogens is 3. The zero-order valence-electron chi connectivity index (χ0n) is 12.7. The summed E-state index contributed by atoms with van der Waals surface area (Å²) < 4.78 is 45.8. The Balaban J connectivity index is 1.99. The molecule has 3 rings (SSSR count). The van der Waals surface area contributed by atoms with Crippen molar-refractivity contribution in [3.05, 3.63) is 65.7 Å². The number of ketones is 1. The highest BCUT2D eigenvalue weighted by atomic mass is 19.4. The van der Waals surface area contributed by atoms with Crippen molar-refractivity contribution in [2.45, 2.75) is 19.7 Å². The van der Waals surface area contributed by atoms with Crippen LogP contribution in [0.4, 0.5) is 13.2 Å². The van der Waals surface area contributed by atoms with Crippen LogP contribution in [0.3, 0.4) is 0 Å². The largest absolute Gasteiger partial charge is 0.487 e. The van der Waals surface area contributed by atoms with Crippen molar-refractivity contribution in [3.63, 3.8) is 0 Å². The first-order valence-corrected chi connectivity index (χ1v) is 7.13. The third-order valence-corrected chi connectivity index (χ3v) is 3.45. The summed E-state index contributed by atoms with van der Waals surface area (Å²) in [5.41, 5.74) is 0.780. The summed E-state index contributed by atoms with van der Waals surface area (Å²) in [4.78, 5) is 15.0. The molecule has 0 aliphatic rings. The van der Waals surface area contributed by atoms with Gasteiger partial charge < -0.3 is 4.74 Å². The van der Waals surface area contributed by atoms with Gasteiger partial charge in [0.1, 0.15) is 18.1 Å². The Morgan fingerprint density at radius 1 is 1.17 bits per heavy atom. The van der Waals surface area contributed by atoms with Crippen LogP contribution in [0.15, 0.2) is 48.7 Å². The number of rotatable bonds is 4. The van der Waals surface area contributed by atoms with E-state index in [1.807, 2.05) is 30.3 Å². The number of carbonyl (C=O) groups excluding carboxylic acids is 1. The fourth-order valence-corrected chi connectivity index (χ4v) is 2.35. The van der Waals surface area contributed by atoms with Crippen LogP contribution in [0.25, 0.3) is 5.52 Å². The second-order valence-electron chi connectivity index (χ2n) is 5.23. The van der Waals surface area contributed by atoms with E-state index in [2.05, 4.69) is 4.98 Å². The van der Waals surface area contributed by atoms with E-state index in [4.69, 9.17) is 4.74 Å². The number of carbonyl (C=O) groups is 1. The Morgan fingerprint density at radius 3 is 2.50 bits per heavy atom. The highest BCUT2D eigenvalue weighted by Crippen LogP contribution is 2.31. The molecule has 2 heterocycles. The smallest absolute Gasteiger partial charge is 0.450 e. The van der Waals surface area contributed by atoms with Gasteiger partial charge >= 0.3 is 6.18 Å². The number of hydrogen-bond acceptors (Lipinski definition) is 3. The van der Waals surface area contributed by atoms with Crippen molar-refractivity contribution in [1.29, 1.82) is 0 Å². The number of nitrogens with zero attached hydrogens (tertiary/aromatic N) is 2. The van der Waals surface area contributed by atoms with E-state index in [0.29, 0.717) is 0 Å². The van der Waals surface area contributed by atoms with Crippen LogP contribution in [0.2, 0.25) is 0 Å². The molecule has 0 radical (unpaired) electrons. The van der Waals surface area contributed by atoms with E-state index in [1.54, 1.807) is 0 Å². The van der Waals surface area contributed by atoms with Gasteiger partial charge in [-0.2, -0.15) is 13.2 Å². The van der Waals surface area contributed by atoms with Gasteiger partial charge in [-0.05, 0) is 17.7 Å². The Morgan fingerprint density at radius 2 is 1.88 bits per heavy atom. The molecule has 0 unspecified atom stereocenters. The van der Waals surface area contributed by atoms with Gasteiger partial charge in [-0.1, -0.05) is 30.3 Å². The molecule has 24 heavy (non-hydrogen) atoms. The van der Waals surface area contributed by atoms with Gasteiger partial charge in [0.15, 0.2) is 5.78 Å². The molecule has 3 aromatic rings. The Hall–Kier alpha value is -2.83. The average molecular weight is 334 g/mol. The topological polar surface area (TPSA) is 43.6 Å². The number of benzene rings is 1. The van der Waals surface area contributed by atoms with Crippen LogP contribution < -0.4 is 4.74 Å². The van der Waals surface area contributed by atoms with E-state index in [1.165, 1.54) is 25.3 Å². The lowest BCUT2D eigenvalue weighted by Crippen LogP contribution is -2.11. The molecule has 0 spiro atoms. The summed E-state index contributed by atoms with van der Waals surface area (Å²) in [6.45, 7) is 1.41. The van der Waals surface area contributed by atoms with Crippen LogP contribution >= 0.6 is 0 Å². The zero-order valence-corrected chi connectivity index (χ0v) is 12.7. The molecule has 124 valence electrons. The number of fused-ring (bicyclic) bond motifs is 1. The molecule has 0 saturated heterocycles. The van der Waals surface area contributed by atoms with Crippen molar-refractivity contribution >= 4 is 11.3 Å². The highest BCUT2D eigenvalue weighted by molar-refractivity contribution is 5.99. The second kappa shape index (κ2) is 5.99. The molecule has 0 N–H and O–H groups in total. The maximum Gasteiger partial charge on any atom is 0.450 e. The molecule has 0 aliphatic carbocycles. The van der Waals surface area contributed by atoms with Crippen LogP contribution in [-0.4, -0.2) is 15.2 Å². The Labute approximate surface area is 135 Å². The van der Waals surface area contributed by atoms with Gasteiger partial charge in [-0.3, -0.25) is 9.20 Å². The zero-order chi connectivity index (χ0) is 17.3. The summed E-state index contributed by atoms with van der Waals surface area (Å²) in [5, 5.41) is 0. The molecule has 2 aromatic heterocycles. The number of hydrogen-bond donors (Lipinski definition) is 0. The lowest BCUT2D eigenvalue weighted by molar-refractivity contribution is -0.145. The molecule has 0 amide bonds. The molecular formula is C17H13F3N2O2. The summed E-state index contributed by atoms with van der Waals surface area (Å²) in [5.74, 6) is -1.42. The van der Waals surface area contributed by atoms with Crippen molar-refractivity contribution in [2.24, 2.45) is 0 Å². The normalized spacial score (nSPS) is 11.7. The Kier molecular flexibility index (Phi) is 4.01. The summed E-state index contributed by atoms with van der Waals surface area (Å²) in [7, 11) is 0. The first kappa shape index (κ1) is 16.0. The van der Waals surface area contributed by atoms with Crippen LogP contribution in [0.5, 0.6) is 5.75 Å². The molecule has 0 bridgehead atoms. The standard InChI is InChI=1S/C17H13F3N2O2/c1-11(23)15-14-8-7-13(24-10-12-5-3-2-4-6-12)9-22(14)16(21-15)17(18,19)20/h2-9H,10H2,1H3. The van der Waals surface area contributed by atoms with E-state index in [-0.39, 0.29) is 23.6 Å². The van der Waals surface area contributed by atoms with Gasteiger partial charge in [0.05, 0.1) is 11.7 Å². The van der Waals surface area contributed by atoms with Gasteiger partial charge in [-0.15, -0.1) is 0 Å². The van der Waals surface area contributed by atoms with E-state index >= 15 is 0 Å². The van der Waals surface area contributed by atoms with Gasteiger partial charge in [-0.25, -0.2) is 4.98 Å². The molecule has 0 fully saturated rings. The van der Waals surface area contributed by atoms with E-state index in [0.717, 1.165) is 9.96 Å². The first-order valence-electron chi connectivity index (χ1n) is 7.13. The second-order valence-corrected chi connectivity index (χ2v) is 5.23. The van der Waals surface area contributed by atoms with Crippen molar-refractivity contribution < 1.29 is 22.7 Å². The number of alkyl halides is 3. The fraction of sp³-hybridized carbons (Fsp3) is 0.176. The number of Topliss-reactive ketones (excluding diaryl/α,β-unsaturated/α-hetero) is 1. The van der Waals surface area contributed by atoms with Crippen molar-refractivity contribution in [1.82, 2.24) is 9.38 Å².